The number of hydrogen-bond donors (Lipinski definition) is 1. The second-order valence-electron chi connectivity index (χ2n) is 8.44. The molecular formula is C33H52N3+. The average Bonchev–Trinajstić information content (AvgIpc) is 2.94. The Hall–Kier alpha value is -2.78. The minimum absolute atomic E-state index is 1.02. The number of nitrogens with zero attached hydrogens (tertiary/aromatic N) is 2. The molecule has 3 aromatic rings. The van der Waals surface area contributed by atoms with Crippen molar-refractivity contribution < 1.29 is 4.90 Å². The van der Waals surface area contributed by atoms with Gasteiger partial charge in [0.1, 0.15) is 19.6 Å². The molecule has 0 atom stereocenters. The van der Waals surface area contributed by atoms with Crippen LogP contribution in [0.15, 0.2) is 78.9 Å². The summed E-state index contributed by atoms with van der Waals surface area (Å²) in [5.74, 6) is 0. The van der Waals surface area contributed by atoms with Crippen LogP contribution < -0.4 is 14.7 Å². The fourth-order valence-corrected chi connectivity index (χ4v) is 4.48. The highest BCUT2D eigenvalue weighted by atomic mass is 15.1. The molecule has 36 heavy (non-hydrogen) atoms. The maximum Gasteiger partial charge on any atom is 0.103 e. The van der Waals surface area contributed by atoms with Crippen molar-refractivity contribution >= 4 is 11.4 Å². The standard InChI is InChI=1S/C29H39N3.2C2H6/c1-5-31(6-2)28-18-14-26(15-19-28)23-30(22-25-12-10-9-11-13-25)24-27-16-20-29(21-17-27)32(7-3)8-4;2*1-2/h9-21H,5-8,22-24H2,1-4H3;2*1-2H3/p+1. The van der Waals surface area contributed by atoms with E-state index in [2.05, 4.69) is 116 Å². The topological polar surface area (TPSA) is 10.9 Å². The molecule has 0 aliphatic heterocycles. The Morgan fingerprint density at radius 1 is 0.444 bits per heavy atom. The molecule has 0 spiro atoms. The van der Waals surface area contributed by atoms with Crippen molar-refractivity contribution in [3.05, 3.63) is 95.6 Å². The van der Waals surface area contributed by atoms with Gasteiger partial charge in [0.05, 0.1) is 0 Å². The third-order valence-electron chi connectivity index (χ3n) is 6.34. The SMILES string of the molecule is CC.CC.CCN(CC)c1ccc(C[NH+](Cc2ccccc2)Cc2ccc(N(CC)CC)cc2)cc1. The smallest absolute Gasteiger partial charge is 0.103 e. The highest BCUT2D eigenvalue weighted by molar-refractivity contribution is 5.48. The molecule has 0 aliphatic rings. The minimum Gasteiger partial charge on any atom is -0.372 e. The molecule has 3 nitrogen and oxygen atoms in total. The summed E-state index contributed by atoms with van der Waals surface area (Å²) in [6, 6.07) is 29.2. The number of nitrogens with one attached hydrogen (secondary N) is 1. The number of anilines is 2. The summed E-state index contributed by atoms with van der Waals surface area (Å²) in [7, 11) is 0. The average molecular weight is 491 g/mol. The van der Waals surface area contributed by atoms with E-state index < -0.39 is 0 Å². The molecule has 0 bridgehead atoms. The Kier molecular flexibility index (Phi) is 16.0. The third kappa shape index (κ3) is 10.1. The molecule has 0 amide bonds. The van der Waals surface area contributed by atoms with E-state index in [-0.39, 0.29) is 0 Å². The van der Waals surface area contributed by atoms with Crippen molar-refractivity contribution in [2.24, 2.45) is 0 Å². The summed E-state index contributed by atoms with van der Waals surface area (Å²) in [5, 5.41) is 0. The Labute approximate surface area is 222 Å². The fraction of sp³-hybridized carbons (Fsp3) is 0.455. The number of quaternary nitrogens is 1. The zero-order valence-electron chi connectivity index (χ0n) is 24.3. The van der Waals surface area contributed by atoms with E-state index in [1.54, 1.807) is 4.90 Å². The van der Waals surface area contributed by atoms with E-state index >= 15 is 0 Å². The highest BCUT2D eigenvalue weighted by Gasteiger charge is 2.13. The van der Waals surface area contributed by atoms with Gasteiger partial charge in [-0.1, -0.05) is 82.3 Å². The Morgan fingerprint density at radius 2 is 0.750 bits per heavy atom. The molecule has 198 valence electrons. The maximum atomic E-state index is 2.40. The lowest BCUT2D eigenvalue weighted by Gasteiger charge is -2.23. The summed E-state index contributed by atoms with van der Waals surface area (Å²) >= 11 is 0. The normalized spacial score (nSPS) is 10.1. The first-order chi connectivity index (χ1) is 17.7. The molecule has 0 fully saturated rings. The summed E-state index contributed by atoms with van der Waals surface area (Å²) in [6.45, 7) is 24.1. The van der Waals surface area contributed by atoms with E-state index in [0.29, 0.717) is 0 Å². The van der Waals surface area contributed by atoms with Gasteiger partial charge in [-0.05, 0) is 52.0 Å². The van der Waals surface area contributed by atoms with Gasteiger partial charge >= 0.3 is 0 Å². The van der Waals surface area contributed by atoms with Gasteiger partial charge in [0.15, 0.2) is 0 Å². The van der Waals surface area contributed by atoms with E-state index in [1.165, 1.54) is 28.1 Å². The zero-order chi connectivity index (χ0) is 26.8. The van der Waals surface area contributed by atoms with Crippen molar-refractivity contribution in [1.82, 2.24) is 0 Å². The predicted molar refractivity (Wildman–Crippen MR) is 161 cm³/mol. The van der Waals surface area contributed by atoms with Crippen LogP contribution in [-0.2, 0) is 19.6 Å². The van der Waals surface area contributed by atoms with Crippen LogP contribution in [0.3, 0.4) is 0 Å². The molecule has 1 N–H and O–H groups in total. The van der Waals surface area contributed by atoms with Crippen LogP contribution in [0.1, 0.15) is 72.1 Å². The van der Waals surface area contributed by atoms with Gasteiger partial charge in [-0.15, -0.1) is 0 Å². The lowest BCUT2D eigenvalue weighted by atomic mass is 10.1. The quantitative estimate of drug-likeness (QED) is 0.287. The minimum atomic E-state index is 1.02. The Balaban J connectivity index is 0.00000154. The summed E-state index contributed by atoms with van der Waals surface area (Å²) < 4.78 is 0. The number of benzene rings is 3. The Morgan fingerprint density at radius 3 is 1.06 bits per heavy atom. The largest absolute Gasteiger partial charge is 0.372 e. The molecule has 3 rings (SSSR count). The first kappa shape index (κ1) is 31.3. The monoisotopic (exact) mass is 490 g/mol. The number of hydrogen-bond acceptors (Lipinski definition) is 2. The molecule has 0 aliphatic carbocycles. The Bertz CT molecular complexity index is 838. The van der Waals surface area contributed by atoms with Crippen molar-refractivity contribution in [3.8, 4) is 0 Å². The van der Waals surface area contributed by atoms with Gasteiger partial charge in [0, 0.05) is 54.2 Å². The van der Waals surface area contributed by atoms with Crippen LogP contribution in [-0.4, -0.2) is 26.2 Å². The molecule has 3 heteroatoms. The van der Waals surface area contributed by atoms with Crippen LogP contribution in [0.2, 0.25) is 0 Å². The van der Waals surface area contributed by atoms with Gasteiger partial charge < -0.3 is 14.7 Å². The second kappa shape index (κ2) is 18.5. The van der Waals surface area contributed by atoms with Gasteiger partial charge in [-0.2, -0.15) is 0 Å². The van der Waals surface area contributed by atoms with Crippen LogP contribution in [0.4, 0.5) is 11.4 Å². The lowest BCUT2D eigenvalue weighted by molar-refractivity contribution is -0.941. The third-order valence-corrected chi connectivity index (χ3v) is 6.34. The highest BCUT2D eigenvalue weighted by Crippen LogP contribution is 2.16. The first-order valence-electron chi connectivity index (χ1n) is 14.2. The summed E-state index contributed by atoms with van der Waals surface area (Å²) in [4.78, 5) is 6.36. The van der Waals surface area contributed by atoms with Crippen LogP contribution in [0.25, 0.3) is 0 Å². The van der Waals surface area contributed by atoms with Crippen molar-refractivity contribution in [2.45, 2.75) is 75.0 Å². The van der Waals surface area contributed by atoms with Gasteiger partial charge in [-0.3, -0.25) is 0 Å². The molecule has 3 aromatic carbocycles. The molecule has 0 saturated heterocycles. The van der Waals surface area contributed by atoms with Gasteiger partial charge in [-0.25, -0.2) is 0 Å². The van der Waals surface area contributed by atoms with Crippen LogP contribution in [0, 0.1) is 0 Å². The van der Waals surface area contributed by atoms with Gasteiger partial charge in [0.2, 0.25) is 0 Å². The zero-order valence-corrected chi connectivity index (χ0v) is 24.3. The van der Waals surface area contributed by atoms with E-state index in [4.69, 9.17) is 0 Å². The fourth-order valence-electron chi connectivity index (χ4n) is 4.48. The van der Waals surface area contributed by atoms with Crippen molar-refractivity contribution in [3.63, 3.8) is 0 Å². The maximum absolute atomic E-state index is 2.40. The predicted octanol–water partition coefficient (Wildman–Crippen LogP) is 7.22. The number of rotatable bonds is 12. The molecular weight excluding hydrogens is 438 g/mol. The van der Waals surface area contributed by atoms with E-state index in [1.807, 2.05) is 27.7 Å². The van der Waals surface area contributed by atoms with Crippen molar-refractivity contribution in [2.75, 3.05) is 36.0 Å². The molecule has 0 heterocycles. The second-order valence-corrected chi connectivity index (χ2v) is 8.44. The van der Waals surface area contributed by atoms with Crippen molar-refractivity contribution in [1.29, 1.82) is 0 Å². The molecule has 0 saturated carbocycles. The lowest BCUT2D eigenvalue weighted by Crippen LogP contribution is -3.08. The van der Waals surface area contributed by atoms with E-state index in [9.17, 15) is 0 Å². The first-order valence-corrected chi connectivity index (χ1v) is 14.2. The summed E-state index contributed by atoms with van der Waals surface area (Å²) in [5.41, 5.74) is 6.81. The summed E-state index contributed by atoms with van der Waals surface area (Å²) in [6.07, 6.45) is 0. The molecule has 0 unspecified atom stereocenters. The van der Waals surface area contributed by atoms with E-state index in [0.717, 1.165) is 45.8 Å². The van der Waals surface area contributed by atoms with Crippen LogP contribution >= 0.6 is 0 Å². The molecule has 0 aromatic heterocycles. The van der Waals surface area contributed by atoms with Crippen LogP contribution in [0.5, 0.6) is 0 Å². The van der Waals surface area contributed by atoms with Gasteiger partial charge in [0.25, 0.3) is 0 Å². The molecule has 0 radical (unpaired) electrons.